The highest BCUT2D eigenvalue weighted by Crippen LogP contribution is 2.25. The zero-order valence-electron chi connectivity index (χ0n) is 14.5. The molecule has 1 saturated heterocycles. The minimum atomic E-state index is 0.746. The number of piperazine rings is 1. The third-order valence-electron chi connectivity index (χ3n) is 4.40. The lowest BCUT2D eigenvalue weighted by molar-refractivity contribution is 0.390. The number of aryl methyl sites for hydroxylation is 1. The number of benzene rings is 2. The summed E-state index contributed by atoms with van der Waals surface area (Å²) in [4.78, 5) is 4.57. The van der Waals surface area contributed by atoms with Crippen molar-refractivity contribution in [2.45, 2.75) is 6.92 Å². The van der Waals surface area contributed by atoms with Crippen LogP contribution in [0, 0.1) is 6.92 Å². The molecule has 3 rings (SSSR count). The lowest BCUT2D eigenvalue weighted by atomic mass is 10.1. The number of methoxy groups -OCH3 is 1. The van der Waals surface area contributed by atoms with Crippen LogP contribution >= 0.6 is 23.8 Å². The van der Waals surface area contributed by atoms with Crippen LogP contribution < -0.4 is 15.0 Å². The molecule has 1 aliphatic rings. The van der Waals surface area contributed by atoms with Crippen molar-refractivity contribution in [3.63, 3.8) is 0 Å². The summed E-state index contributed by atoms with van der Waals surface area (Å²) < 4.78 is 5.25. The van der Waals surface area contributed by atoms with E-state index in [2.05, 4.69) is 28.1 Å². The van der Waals surface area contributed by atoms with Crippen LogP contribution in [0.25, 0.3) is 0 Å². The van der Waals surface area contributed by atoms with Gasteiger partial charge in [0, 0.05) is 48.6 Å². The number of nitrogens with one attached hydrogen (secondary N) is 1. The van der Waals surface area contributed by atoms with E-state index < -0.39 is 0 Å². The molecule has 6 heteroatoms. The van der Waals surface area contributed by atoms with E-state index in [4.69, 9.17) is 28.6 Å². The summed E-state index contributed by atoms with van der Waals surface area (Å²) in [5, 5.41) is 4.82. The summed E-state index contributed by atoms with van der Waals surface area (Å²) in [6, 6.07) is 13.8. The fraction of sp³-hybridized carbons (Fsp3) is 0.316. The van der Waals surface area contributed by atoms with Gasteiger partial charge in [0.05, 0.1) is 7.11 Å². The second kappa shape index (κ2) is 7.93. The van der Waals surface area contributed by atoms with Gasteiger partial charge in [0.15, 0.2) is 5.11 Å². The minimum absolute atomic E-state index is 0.746. The Morgan fingerprint density at radius 3 is 2.60 bits per heavy atom. The van der Waals surface area contributed by atoms with Crippen LogP contribution in [0.2, 0.25) is 5.02 Å². The quantitative estimate of drug-likeness (QED) is 0.812. The number of halogens is 1. The zero-order chi connectivity index (χ0) is 17.8. The van der Waals surface area contributed by atoms with Crippen LogP contribution in [0.5, 0.6) is 5.75 Å². The van der Waals surface area contributed by atoms with E-state index in [-0.39, 0.29) is 0 Å². The number of hydrogen-bond acceptors (Lipinski definition) is 3. The largest absolute Gasteiger partial charge is 0.497 e. The number of anilines is 2. The summed E-state index contributed by atoms with van der Waals surface area (Å²) in [5.41, 5.74) is 3.39. The summed E-state index contributed by atoms with van der Waals surface area (Å²) >= 11 is 11.7. The van der Waals surface area contributed by atoms with Crippen molar-refractivity contribution in [2.24, 2.45) is 0 Å². The molecule has 1 fully saturated rings. The molecule has 0 spiro atoms. The van der Waals surface area contributed by atoms with E-state index in [0.29, 0.717) is 0 Å². The average Bonchev–Trinajstić information content (AvgIpc) is 2.64. The van der Waals surface area contributed by atoms with Crippen LogP contribution in [-0.2, 0) is 0 Å². The highest BCUT2D eigenvalue weighted by Gasteiger charge is 2.20. The van der Waals surface area contributed by atoms with Gasteiger partial charge in [-0.25, -0.2) is 0 Å². The molecule has 0 unspecified atom stereocenters. The van der Waals surface area contributed by atoms with Gasteiger partial charge in [0.2, 0.25) is 0 Å². The lowest BCUT2D eigenvalue weighted by Crippen LogP contribution is -2.50. The summed E-state index contributed by atoms with van der Waals surface area (Å²) in [5.74, 6) is 0.814. The Morgan fingerprint density at radius 1 is 1.12 bits per heavy atom. The smallest absolute Gasteiger partial charge is 0.173 e. The van der Waals surface area contributed by atoms with Gasteiger partial charge >= 0.3 is 0 Å². The van der Waals surface area contributed by atoms with Crippen LogP contribution in [0.3, 0.4) is 0 Å². The predicted molar refractivity (Wildman–Crippen MR) is 109 cm³/mol. The fourth-order valence-electron chi connectivity index (χ4n) is 2.98. The molecule has 2 aromatic carbocycles. The van der Waals surface area contributed by atoms with E-state index >= 15 is 0 Å². The molecular formula is C19H22ClN3OS. The molecule has 0 radical (unpaired) electrons. The summed E-state index contributed by atoms with van der Waals surface area (Å²) in [6.07, 6.45) is 0. The molecule has 1 heterocycles. The van der Waals surface area contributed by atoms with Crippen LogP contribution in [0.4, 0.5) is 11.4 Å². The van der Waals surface area contributed by atoms with Crippen LogP contribution in [0.1, 0.15) is 5.56 Å². The second-order valence-corrected chi connectivity index (χ2v) is 6.89. The second-order valence-electron chi connectivity index (χ2n) is 6.07. The topological polar surface area (TPSA) is 27.7 Å². The average molecular weight is 376 g/mol. The van der Waals surface area contributed by atoms with Crippen LogP contribution in [0.15, 0.2) is 42.5 Å². The van der Waals surface area contributed by atoms with Crippen molar-refractivity contribution >= 4 is 40.3 Å². The molecule has 0 aliphatic carbocycles. The third-order valence-corrected chi connectivity index (χ3v) is 5.00. The molecule has 1 aliphatic heterocycles. The Morgan fingerprint density at radius 2 is 1.88 bits per heavy atom. The van der Waals surface area contributed by atoms with Crippen molar-refractivity contribution in [2.75, 3.05) is 43.5 Å². The maximum absolute atomic E-state index is 6.15. The molecule has 0 aromatic heterocycles. The van der Waals surface area contributed by atoms with E-state index in [1.165, 1.54) is 11.3 Å². The Bertz CT molecular complexity index is 760. The van der Waals surface area contributed by atoms with Gasteiger partial charge in [-0.15, -0.1) is 0 Å². The van der Waals surface area contributed by atoms with E-state index in [9.17, 15) is 0 Å². The monoisotopic (exact) mass is 375 g/mol. The van der Waals surface area contributed by atoms with Crippen molar-refractivity contribution < 1.29 is 4.74 Å². The Labute approximate surface area is 159 Å². The van der Waals surface area contributed by atoms with E-state index in [0.717, 1.165) is 47.8 Å². The molecule has 0 bridgehead atoms. The molecule has 2 aromatic rings. The van der Waals surface area contributed by atoms with Crippen molar-refractivity contribution in [1.29, 1.82) is 0 Å². The molecule has 25 heavy (non-hydrogen) atoms. The van der Waals surface area contributed by atoms with Crippen molar-refractivity contribution in [3.05, 3.63) is 53.1 Å². The maximum Gasteiger partial charge on any atom is 0.173 e. The van der Waals surface area contributed by atoms with Crippen LogP contribution in [-0.4, -0.2) is 43.3 Å². The summed E-state index contributed by atoms with van der Waals surface area (Å²) in [6.45, 7) is 5.71. The SMILES string of the molecule is COc1cccc(NC(=S)N2CCN(c3cc(Cl)ccc3C)CC2)c1. The summed E-state index contributed by atoms with van der Waals surface area (Å²) in [7, 11) is 1.66. The lowest BCUT2D eigenvalue weighted by Gasteiger charge is -2.38. The maximum atomic E-state index is 6.15. The standard InChI is InChI=1S/C19H22ClN3OS/c1-14-6-7-15(20)12-18(14)22-8-10-23(11-9-22)19(25)21-16-4-3-5-17(13-16)24-2/h3-7,12-13H,8-11H2,1-2H3,(H,21,25). The van der Waals surface area contributed by atoms with Gasteiger partial charge in [-0.1, -0.05) is 23.7 Å². The Hall–Kier alpha value is -1.98. The van der Waals surface area contributed by atoms with E-state index in [1.807, 2.05) is 36.4 Å². The van der Waals surface area contributed by atoms with Gasteiger partial charge in [-0.3, -0.25) is 0 Å². The first-order valence-corrected chi connectivity index (χ1v) is 9.06. The van der Waals surface area contributed by atoms with Gasteiger partial charge in [0.25, 0.3) is 0 Å². The number of thiocarbonyl (C=S) groups is 1. The van der Waals surface area contributed by atoms with Crippen molar-refractivity contribution in [3.8, 4) is 5.75 Å². The van der Waals surface area contributed by atoms with Gasteiger partial charge in [-0.2, -0.15) is 0 Å². The first-order valence-electron chi connectivity index (χ1n) is 8.28. The normalized spacial score (nSPS) is 14.4. The molecule has 0 saturated carbocycles. The Kier molecular flexibility index (Phi) is 5.66. The molecule has 4 nitrogen and oxygen atoms in total. The first-order chi connectivity index (χ1) is 12.1. The van der Waals surface area contributed by atoms with E-state index in [1.54, 1.807) is 7.11 Å². The molecule has 132 valence electrons. The fourth-order valence-corrected chi connectivity index (χ4v) is 3.44. The third kappa shape index (κ3) is 4.35. The minimum Gasteiger partial charge on any atom is -0.497 e. The predicted octanol–water partition coefficient (Wildman–Crippen LogP) is 4.18. The van der Waals surface area contributed by atoms with Gasteiger partial charge < -0.3 is 19.9 Å². The number of rotatable bonds is 3. The number of hydrogen-bond donors (Lipinski definition) is 1. The van der Waals surface area contributed by atoms with Gasteiger partial charge in [-0.05, 0) is 49.0 Å². The number of ether oxygens (including phenoxy) is 1. The Balaban J connectivity index is 1.60. The first kappa shape index (κ1) is 17.8. The highest BCUT2D eigenvalue weighted by atomic mass is 35.5. The van der Waals surface area contributed by atoms with Gasteiger partial charge in [0.1, 0.15) is 5.75 Å². The molecular weight excluding hydrogens is 354 g/mol. The molecule has 1 N–H and O–H groups in total. The van der Waals surface area contributed by atoms with Crippen molar-refractivity contribution in [1.82, 2.24) is 4.90 Å². The highest BCUT2D eigenvalue weighted by molar-refractivity contribution is 7.80. The molecule has 0 atom stereocenters. The number of nitrogens with zero attached hydrogens (tertiary/aromatic N) is 2. The zero-order valence-corrected chi connectivity index (χ0v) is 16.0. The molecule has 0 amide bonds.